The molecule has 2 N–H and O–H groups in total. The lowest BCUT2D eigenvalue weighted by molar-refractivity contribution is -0.139. The number of likely N-dealkylation sites (tertiary alicyclic amines) is 1. The lowest BCUT2D eigenvalue weighted by Gasteiger charge is -2.18. The molecule has 0 bridgehead atoms. The summed E-state index contributed by atoms with van der Waals surface area (Å²) in [5.74, 6) is -1.34. The molecular formula is C15H25N3O5. The third-order valence-electron chi connectivity index (χ3n) is 3.46. The summed E-state index contributed by atoms with van der Waals surface area (Å²) in [6, 6.07) is 0. The maximum Gasteiger partial charge on any atom is 0.232 e. The average molecular weight is 327 g/mol. The maximum absolute atomic E-state index is 11.8. The number of ether oxygens (including phenoxy) is 1. The fourth-order valence-electron chi connectivity index (χ4n) is 2.27. The van der Waals surface area contributed by atoms with Crippen molar-refractivity contribution in [3.8, 4) is 0 Å². The van der Waals surface area contributed by atoms with Gasteiger partial charge in [-0.3, -0.25) is 24.1 Å². The van der Waals surface area contributed by atoms with Crippen LogP contribution in [0.2, 0.25) is 0 Å². The molecule has 1 fully saturated rings. The molecule has 1 aliphatic heterocycles. The Morgan fingerprint density at radius 1 is 1.26 bits per heavy atom. The van der Waals surface area contributed by atoms with Crippen LogP contribution in [0.15, 0.2) is 0 Å². The SMILES string of the molecule is CCOCCC(=O)NC(C)NC(=O)CCN1C(=O)CC(C)C1=O. The van der Waals surface area contributed by atoms with Crippen molar-refractivity contribution < 1.29 is 23.9 Å². The molecule has 0 aromatic heterocycles. The highest BCUT2D eigenvalue weighted by molar-refractivity contribution is 6.03. The Hall–Kier alpha value is -1.96. The normalized spacial score (nSPS) is 18.9. The second-order valence-corrected chi connectivity index (χ2v) is 5.54. The van der Waals surface area contributed by atoms with Crippen molar-refractivity contribution in [2.45, 2.75) is 46.2 Å². The van der Waals surface area contributed by atoms with Gasteiger partial charge in [-0.05, 0) is 13.8 Å². The van der Waals surface area contributed by atoms with Crippen molar-refractivity contribution in [1.29, 1.82) is 0 Å². The predicted octanol–water partition coefficient (Wildman–Crippen LogP) is -0.223. The Kier molecular flexibility index (Phi) is 7.67. The first-order valence-electron chi connectivity index (χ1n) is 7.85. The van der Waals surface area contributed by atoms with Gasteiger partial charge in [0.1, 0.15) is 0 Å². The van der Waals surface area contributed by atoms with E-state index in [0.717, 1.165) is 4.90 Å². The first-order chi connectivity index (χ1) is 10.8. The van der Waals surface area contributed by atoms with E-state index >= 15 is 0 Å². The molecule has 0 aromatic rings. The van der Waals surface area contributed by atoms with Crippen LogP contribution >= 0.6 is 0 Å². The monoisotopic (exact) mass is 327 g/mol. The standard InChI is InChI=1S/C15H25N3O5/c1-4-23-8-6-13(20)17-11(3)16-12(19)5-7-18-14(21)9-10(2)15(18)22/h10-11H,4-9H2,1-3H3,(H,16,19)(H,17,20). The van der Waals surface area contributed by atoms with Crippen LogP contribution in [0.1, 0.15) is 40.0 Å². The minimum absolute atomic E-state index is 0.0172. The molecule has 1 heterocycles. The van der Waals surface area contributed by atoms with E-state index in [1.165, 1.54) is 0 Å². The van der Waals surface area contributed by atoms with Gasteiger partial charge in [0.05, 0.1) is 19.2 Å². The summed E-state index contributed by atoms with van der Waals surface area (Å²) in [5.41, 5.74) is 0. The average Bonchev–Trinajstić information content (AvgIpc) is 2.70. The topological polar surface area (TPSA) is 105 Å². The Labute approximate surface area is 135 Å². The van der Waals surface area contributed by atoms with Gasteiger partial charge in [0.2, 0.25) is 23.6 Å². The molecule has 0 aromatic carbocycles. The van der Waals surface area contributed by atoms with Crippen LogP contribution in [-0.4, -0.2) is 54.5 Å². The minimum Gasteiger partial charge on any atom is -0.381 e. The van der Waals surface area contributed by atoms with Crippen molar-refractivity contribution in [3.63, 3.8) is 0 Å². The van der Waals surface area contributed by atoms with Gasteiger partial charge in [-0.25, -0.2) is 0 Å². The van der Waals surface area contributed by atoms with Crippen molar-refractivity contribution >= 4 is 23.6 Å². The number of hydrogen-bond acceptors (Lipinski definition) is 5. The maximum atomic E-state index is 11.8. The van der Waals surface area contributed by atoms with Crippen molar-refractivity contribution in [2.75, 3.05) is 19.8 Å². The molecule has 1 aliphatic rings. The summed E-state index contributed by atoms with van der Waals surface area (Å²) in [6.07, 6.45) is -0.0840. The summed E-state index contributed by atoms with van der Waals surface area (Å²) in [7, 11) is 0. The van der Waals surface area contributed by atoms with E-state index in [0.29, 0.717) is 13.2 Å². The Balaban J connectivity index is 2.26. The number of nitrogens with zero attached hydrogens (tertiary/aromatic N) is 1. The second-order valence-electron chi connectivity index (χ2n) is 5.54. The number of amides is 4. The van der Waals surface area contributed by atoms with Crippen molar-refractivity contribution in [3.05, 3.63) is 0 Å². The molecule has 8 nitrogen and oxygen atoms in total. The molecule has 4 amide bonds. The molecule has 0 spiro atoms. The highest BCUT2D eigenvalue weighted by atomic mass is 16.5. The molecule has 1 saturated heterocycles. The van der Waals surface area contributed by atoms with Gasteiger partial charge < -0.3 is 15.4 Å². The highest BCUT2D eigenvalue weighted by Gasteiger charge is 2.35. The van der Waals surface area contributed by atoms with Crippen LogP contribution in [0.5, 0.6) is 0 Å². The molecule has 2 atom stereocenters. The molecule has 1 rings (SSSR count). The Bertz CT molecular complexity index is 466. The van der Waals surface area contributed by atoms with Gasteiger partial charge in [0.15, 0.2) is 0 Å². The molecular weight excluding hydrogens is 302 g/mol. The number of hydrogen-bond donors (Lipinski definition) is 2. The van der Waals surface area contributed by atoms with Crippen LogP contribution in [-0.2, 0) is 23.9 Å². The van der Waals surface area contributed by atoms with Crippen LogP contribution in [0.4, 0.5) is 0 Å². The number of imide groups is 1. The fraction of sp³-hybridized carbons (Fsp3) is 0.733. The summed E-state index contributed by atoms with van der Waals surface area (Å²) < 4.78 is 5.07. The third-order valence-corrected chi connectivity index (χ3v) is 3.46. The number of nitrogens with one attached hydrogen (secondary N) is 2. The number of carbonyl (C=O) groups is 4. The lowest BCUT2D eigenvalue weighted by Crippen LogP contribution is -2.47. The Morgan fingerprint density at radius 2 is 1.87 bits per heavy atom. The molecule has 8 heteroatoms. The smallest absolute Gasteiger partial charge is 0.232 e. The van der Waals surface area contributed by atoms with Gasteiger partial charge in [-0.15, -0.1) is 0 Å². The number of rotatable bonds is 9. The summed E-state index contributed by atoms with van der Waals surface area (Å²) in [5, 5.41) is 5.23. The summed E-state index contributed by atoms with van der Waals surface area (Å²) in [6.45, 7) is 6.13. The predicted molar refractivity (Wildman–Crippen MR) is 82.0 cm³/mol. The van der Waals surface area contributed by atoms with Crippen LogP contribution in [0.25, 0.3) is 0 Å². The van der Waals surface area contributed by atoms with Gasteiger partial charge in [-0.2, -0.15) is 0 Å². The molecule has 2 unspecified atom stereocenters. The van der Waals surface area contributed by atoms with E-state index in [2.05, 4.69) is 10.6 Å². The van der Waals surface area contributed by atoms with Crippen LogP contribution in [0.3, 0.4) is 0 Å². The van der Waals surface area contributed by atoms with E-state index < -0.39 is 6.17 Å². The molecule has 0 aliphatic carbocycles. The second kappa shape index (κ2) is 9.24. The molecule has 130 valence electrons. The molecule has 0 saturated carbocycles. The van der Waals surface area contributed by atoms with Gasteiger partial charge in [0.25, 0.3) is 0 Å². The van der Waals surface area contributed by atoms with Gasteiger partial charge in [0, 0.05) is 31.9 Å². The Morgan fingerprint density at radius 3 is 2.39 bits per heavy atom. The first-order valence-corrected chi connectivity index (χ1v) is 7.85. The quantitative estimate of drug-likeness (QED) is 0.346. The molecule has 23 heavy (non-hydrogen) atoms. The van der Waals surface area contributed by atoms with Gasteiger partial charge >= 0.3 is 0 Å². The van der Waals surface area contributed by atoms with E-state index in [-0.39, 0.29) is 55.4 Å². The zero-order valence-corrected chi connectivity index (χ0v) is 13.9. The van der Waals surface area contributed by atoms with E-state index in [1.54, 1.807) is 13.8 Å². The van der Waals surface area contributed by atoms with Crippen molar-refractivity contribution in [1.82, 2.24) is 15.5 Å². The zero-order valence-electron chi connectivity index (χ0n) is 13.9. The first kappa shape index (κ1) is 19.1. The third kappa shape index (κ3) is 6.35. The van der Waals surface area contributed by atoms with E-state index in [4.69, 9.17) is 4.74 Å². The summed E-state index contributed by atoms with van der Waals surface area (Å²) >= 11 is 0. The van der Waals surface area contributed by atoms with Crippen molar-refractivity contribution in [2.24, 2.45) is 5.92 Å². The van der Waals surface area contributed by atoms with Gasteiger partial charge in [-0.1, -0.05) is 6.92 Å². The van der Waals surface area contributed by atoms with Crippen LogP contribution in [0, 0.1) is 5.92 Å². The molecule has 0 radical (unpaired) electrons. The van der Waals surface area contributed by atoms with E-state index in [9.17, 15) is 19.2 Å². The zero-order chi connectivity index (χ0) is 17.4. The van der Waals surface area contributed by atoms with E-state index in [1.807, 2.05) is 6.92 Å². The fourth-order valence-corrected chi connectivity index (χ4v) is 2.27. The number of carbonyl (C=O) groups excluding carboxylic acids is 4. The van der Waals surface area contributed by atoms with Crippen LogP contribution < -0.4 is 10.6 Å². The lowest BCUT2D eigenvalue weighted by atomic mass is 10.1. The minimum atomic E-state index is -0.527. The highest BCUT2D eigenvalue weighted by Crippen LogP contribution is 2.18. The summed E-state index contributed by atoms with van der Waals surface area (Å²) in [4.78, 5) is 47.8. The largest absolute Gasteiger partial charge is 0.381 e.